The Morgan fingerprint density at radius 1 is 1.19 bits per heavy atom. The van der Waals surface area contributed by atoms with E-state index < -0.39 is 10.0 Å². The van der Waals surface area contributed by atoms with Gasteiger partial charge in [-0.3, -0.25) is 0 Å². The van der Waals surface area contributed by atoms with Gasteiger partial charge in [0.1, 0.15) is 0 Å². The molecule has 7 nitrogen and oxygen atoms in total. The molecular formula is C8H14N4O3S. The van der Waals surface area contributed by atoms with E-state index in [1.54, 1.807) is 6.92 Å². The van der Waals surface area contributed by atoms with Crippen molar-refractivity contribution in [2.24, 2.45) is 0 Å². The van der Waals surface area contributed by atoms with E-state index in [1.807, 2.05) is 4.90 Å². The SMILES string of the molecule is Cc1nnc(N2CCN(S(C)(=O)=O)CC2)o1. The van der Waals surface area contributed by atoms with Crippen LogP contribution in [-0.4, -0.2) is 55.4 Å². The lowest BCUT2D eigenvalue weighted by molar-refractivity contribution is 0.372. The van der Waals surface area contributed by atoms with Crippen molar-refractivity contribution >= 4 is 16.0 Å². The minimum atomic E-state index is -3.09. The third-order valence-electron chi connectivity index (χ3n) is 2.49. The zero-order valence-corrected chi connectivity index (χ0v) is 10.1. The highest BCUT2D eigenvalue weighted by molar-refractivity contribution is 7.88. The summed E-state index contributed by atoms with van der Waals surface area (Å²) in [6.45, 7) is 3.80. The average molecular weight is 246 g/mol. The van der Waals surface area contributed by atoms with Crippen LogP contribution in [0.25, 0.3) is 0 Å². The van der Waals surface area contributed by atoms with E-state index >= 15 is 0 Å². The summed E-state index contributed by atoms with van der Waals surface area (Å²) in [7, 11) is -3.09. The molecule has 2 rings (SSSR count). The lowest BCUT2D eigenvalue weighted by Gasteiger charge is -2.31. The molecule has 8 heteroatoms. The van der Waals surface area contributed by atoms with Crippen molar-refractivity contribution in [3.8, 4) is 0 Å². The molecular weight excluding hydrogens is 232 g/mol. The number of hydrogen-bond donors (Lipinski definition) is 0. The van der Waals surface area contributed by atoms with Gasteiger partial charge in [0.2, 0.25) is 15.9 Å². The van der Waals surface area contributed by atoms with Gasteiger partial charge in [0.05, 0.1) is 6.26 Å². The first-order chi connectivity index (χ1) is 7.47. The lowest BCUT2D eigenvalue weighted by Crippen LogP contribution is -2.48. The summed E-state index contributed by atoms with van der Waals surface area (Å²) in [5.41, 5.74) is 0. The van der Waals surface area contributed by atoms with E-state index in [4.69, 9.17) is 4.42 Å². The van der Waals surface area contributed by atoms with Gasteiger partial charge in [-0.15, -0.1) is 5.10 Å². The summed E-state index contributed by atoms with van der Waals surface area (Å²) in [4.78, 5) is 1.89. The number of aryl methyl sites for hydroxylation is 1. The summed E-state index contributed by atoms with van der Waals surface area (Å²) in [6.07, 6.45) is 1.22. The highest BCUT2D eigenvalue weighted by Gasteiger charge is 2.25. The largest absolute Gasteiger partial charge is 0.408 e. The fourth-order valence-electron chi connectivity index (χ4n) is 1.62. The van der Waals surface area contributed by atoms with E-state index in [1.165, 1.54) is 10.6 Å². The first kappa shape index (κ1) is 11.3. The molecule has 0 atom stereocenters. The maximum Gasteiger partial charge on any atom is 0.318 e. The van der Waals surface area contributed by atoms with Crippen LogP contribution in [0, 0.1) is 6.92 Å². The van der Waals surface area contributed by atoms with Crippen LogP contribution in [0.4, 0.5) is 6.01 Å². The fourth-order valence-corrected chi connectivity index (χ4v) is 2.45. The smallest absolute Gasteiger partial charge is 0.318 e. The third kappa shape index (κ3) is 2.33. The van der Waals surface area contributed by atoms with Crippen molar-refractivity contribution < 1.29 is 12.8 Å². The molecule has 1 saturated heterocycles. The predicted octanol–water partition coefficient (Wildman–Crippen LogP) is -0.540. The van der Waals surface area contributed by atoms with Gasteiger partial charge in [-0.25, -0.2) is 8.42 Å². The van der Waals surface area contributed by atoms with Crippen molar-refractivity contribution in [1.29, 1.82) is 0 Å². The molecule has 1 aliphatic rings. The number of anilines is 1. The van der Waals surface area contributed by atoms with Gasteiger partial charge in [-0.1, -0.05) is 5.10 Å². The normalized spacial score (nSPS) is 19.0. The Bertz CT molecular complexity index is 461. The third-order valence-corrected chi connectivity index (χ3v) is 3.80. The Balaban J connectivity index is 2.00. The molecule has 0 bridgehead atoms. The quantitative estimate of drug-likeness (QED) is 0.697. The van der Waals surface area contributed by atoms with Gasteiger partial charge in [0.25, 0.3) is 0 Å². The molecule has 0 unspecified atom stereocenters. The zero-order valence-electron chi connectivity index (χ0n) is 9.25. The molecule has 90 valence electrons. The van der Waals surface area contributed by atoms with Gasteiger partial charge in [-0.05, 0) is 0 Å². The summed E-state index contributed by atoms with van der Waals surface area (Å²) >= 11 is 0. The minimum Gasteiger partial charge on any atom is -0.408 e. The number of piperazine rings is 1. The van der Waals surface area contributed by atoms with Crippen molar-refractivity contribution in [3.05, 3.63) is 5.89 Å². The summed E-state index contributed by atoms with van der Waals surface area (Å²) in [6, 6.07) is 0.464. The van der Waals surface area contributed by atoms with Crippen LogP contribution < -0.4 is 4.90 Å². The van der Waals surface area contributed by atoms with Gasteiger partial charge in [0, 0.05) is 33.1 Å². The second-order valence-corrected chi connectivity index (χ2v) is 5.74. The molecule has 1 aromatic rings. The number of rotatable bonds is 2. The van der Waals surface area contributed by atoms with Crippen LogP contribution in [0.15, 0.2) is 4.42 Å². The van der Waals surface area contributed by atoms with Crippen LogP contribution in [0.2, 0.25) is 0 Å². The highest BCUT2D eigenvalue weighted by atomic mass is 32.2. The highest BCUT2D eigenvalue weighted by Crippen LogP contribution is 2.15. The van der Waals surface area contributed by atoms with Crippen molar-refractivity contribution in [1.82, 2.24) is 14.5 Å². The van der Waals surface area contributed by atoms with Crippen molar-refractivity contribution in [2.75, 3.05) is 37.3 Å². The van der Waals surface area contributed by atoms with Crippen molar-refractivity contribution in [2.45, 2.75) is 6.92 Å². The number of hydrogen-bond acceptors (Lipinski definition) is 6. The maximum absolute atomic E-state index is 11.3. The second kappa shape index (κ2) is 4.02. The van der Waals surface area contributed by atoms with E-state index in [0.717, 1.165) is 0 Å². The number of sulfonamides is 1. The maximum atomic E-state index is 11.3. The molecule has 16 heavy (non-hydrogen) atoms. The monoisotopic (exact) mass is 246 g/mol. The number of nitrogens with zero attached hydrogens (tertiary/aromatic N) is 4. The molecule has 0 saturated carbocycles. The molecule has 1 aliphatic heterocycles. The van der Waals surface area contributed by atoms with Gasteiger partial charge in [-0.2, -0.15) is 4.31 Å². The van der Waals surface area contributed by atoms with Gasteiger partial charge >= 0.3 is 6.01 Å². The second-order valence-electron chi connectivity index (χ2n) is 3.75. The molecule has 1 aromatic heterocycles. The molecule has 0 aromatic carbocycles. The van der Waals surface area contributed by atoms with Crippen LogP contribution in [0.5, 0.6) is 0 Å². The summed E-state index contributed by atoms with van der Waals surface area (Å²) in [5, 5.41) is 7.64. The van der Waals surface area contributed by atoms with E-state index in [9.17, 15) is 8.42 Å². The number of aromatic nitrogens is 2. The van der Waals surface area contributed by atoms with Crippen molar-refractivity contribution in [3.63, 3.8) is 0 Å². The summed E-state index contributed by atoms with van der Waals surface area (Å²) in [5.74, 6) is 0.514. The predicted molar refractivity (Wildman–Crippen MR) is 57.7 cm³/mol. The average Bonchev–Trinajstić information content (AvgIpc) is 2.64. The fraction of sp³-hybridized carbons (Fsp3) is 0.750. The van der Waals surface area contributed by atoms with Gasteiger partial charge < -0.3 is 9.32 Å². The Morgan fingerprint density at radius 2 is 1.81 bits per heavy atom. The molecule has 0 radical (unpaired) electrons. The van der Waals surface area contributed by atoms with E-state index in [0.29, 0.717) is 38.1 Å². The Hall–Kier alpha value is -1.15. The zero-order chi connectivity index (χ0) is 11.8. The Kier molecular flexibility index (Phi) is 2.85. The standard InChI is InChI=1S/C8H14N4O3S/c1-7-9-10-8(15-7)11-3-5-12(6-4-11)16(2,13)14/h3-6H2,1-2H3. The summed E-state index contributed by atoms with van der Waals surface area (Å²) < 4.78 is 29.3. The molecule has 0 spiro atoms. The molecule has 2 heterocycles. The Morgan fingerprint density at radius 3 is 2.25 bits per heavy atom. The first-order valence-corrected chi connectivity index (χ1v) is 6.82. The van der Waals surface area contributed by atoms with E-state index in [-0.39, 0.29) is 0 Å². The minimum absolute atomic E-state index is 0.459. The molecule has 1 fully saturated rings. The van der Waals surface area contributed by atoms with Gasteiger partial charge in [0.15, 0.2) is 0 Å². The van der Waals surface area contributed by atoms with Crippen LogP contribution in [0.3, 0.4) is 0 Å². The van der Waals surface area contributed by atoms with Crippen LogP contribution in [-0.2, 0) is 10.0 Å². The first-order valence-electron chi connectivity index (χ1n) is 4.97. The lowest BCUT2D eigenvalue weighted by atomic mass is 10.4. The molecule has 0 aliphatic carbocycles. The molecule has 0 N–H and O–H groups in total. The Labute approximate surface area is 94.1 Å². The molecule has 0 amide bonds. The topological polar surface area (TPSA) is 79.5 Å². The van der Waals surface area contributed by atoms with E-state index in [2.05, 4.69) is 10.2 Å². The van der Waals surface area contributed by atoms with Crippen LogP contribution in [0.1, 0.15) is 5.89 Å². The van der Waals surface area contributed by atoms with Crippen LogP contribution >= 0.6 is 0 Å².